The highest BCUT2D eigenvalue weighted by molar-refractivity contribution is 7.52. The summed E-state index contributed by atoms with van der Waals surface area (Å²) in [6.45, 7) is 1.43. The molecule has 4 unspecified atom stereocenters. The Morgan fingerprint density at radius 1 is 0.893 bits per heavy atom. The fourth-order valence-corrected chi connectivity index (χ4v) is 11.9. The third-order valence-electron chi connectivity index (χ3n) is 16.1. The van der Waals surface area contributed by atoms with Crippen molar-refractivity contribution in [3.8, 4) is 11.8 Å². The maximum absolute atomic E-state index is 14.7. The lowest BCUT2D eigenvalue weighted by atomic mass is 10.0. The number of alkyl halides is 2. The molecule has 21 nitrogen and oxygen atoms in total. The number of hydrogen-bond donors (Lipinski definition) is 8. The summed E-state index contributed by atoms with van der Waals surface area (Å²) < 4.78 is 41.0. The standard InChI is InChI=1S/C60H79F2N10O11P/c1-69(2)50(35-39-18-16-23-42(34-39)60(61,62)84(81,82)83)56(77)67-47-38-70(3)33-31-44-26-27-49(72(44)59(47)80)55(76)66-43(25-29-51(63)73)36-65-53(41-20-13-11-14-21-41)57(78)64-32-15-10-8-6-4-5-7-9-12-19-40-22-17-24-45-46(40)37-71(58(45)79)48-28-30-52(74)68-54(48)75/h11,13-14,16-18,20-24,34,43-44,47-50,53,65H,4-10,15,25-33,35-38H2,1-3H3,(H2,63,73)(H,64,78)(H,66,76)(H,67,77)(H,68,74,75)(H2,81,82,83)/t43?,44-,47+,48?,49+,50?,53?/m1/s1. The molecule has 9 N–H and O–H groups in total. The summed E-state index contributed by atoms with van der Waals surface area (Å²) >= 11 is 0. The van der Waals surface area contributed by atoms with Gasteiger partial charge in [-0.1, -0.05) is 98.5 Å². The summed E-state index contributed by atoms with van der Waals surface area (Å²) in [6, 6.07) is 13.5. The average Bonchev–Trinajstić information content (AvgIpc) is 2.53. The number of fused-ring (bicyclic) bond motifs is 2. The van der Waals surface area contributed by atoms with Gasteiger partial charge in [-0.05, 0) is 114 Å². The number of hydrogen-bond acceptors (Lipinski definition) is 12. The van der Waals surface area contributed by atoms with E-state index in [1.165, 1.54) is 21.9 Å². The Labute approximate surface area is 489 Å². The molecule has 4 aliphatic heterocycles. The van der Waals surface area contributed by atoms with Crippen molar-refractivity contribution < 1.29 is 61.5 Å². The molecule has 0 aliphatic carbocycles. The van der Waals surface area contributed by atoms with Gasteiger partial charge in [-0.25, -0.2) is 0 Å². The summed E-state index contributed by atoms with van der Waals surface area (Å²) in [5.41, 5.74) is 3.24. The average molecular weight is 1190 g/mol. The summed E-state index contributed by atoms with van der Waals surface area (Å²) in [5.74, 6) is 3.07. The fraction of sp³-hybridized carbons (Fsp3) is 0.533. The van der Waals surface area contributed by atoms with Crippen LogP contribution in [0, 0.1) is 11.8 Å². The van der Waals surface area contributed by atoms with E-state index in [2.05, 4.69) is 38.4 Å². The predicted molar refractivity (Wildman–Crippen MR) is 308 cm³/mol. The largest absolute Gasteiger partial charge is 0.399 e. The number of carbonyl (C=O) groups excluding carboxylic acids is 8. The Morgan fingerprint density at radius 2 is 1.61 bits per heavy atom. The van der Waals surface area contributed by atoms with Gasteiger partial charge in [0.15, 0.2) is 0 Å². The van der Waals surface area contributed by atoms with E-state index in [1.807, 2.05) is 48.3 Å². The third-order valence-corrected chi connectivity index (χ3v) is 17.1. The molecule has 24 heteroatoms. The number of rotatable bonds is 27. The van der Waals surface area contributed by atoms with Gasteiger partial charge >= 0.3 is 13.3 Å². The van der Waals surface area contributed by atoms with Gasteiger partial charge in [0.1, 0.15) is 24.2 Å². The van der Waals surface area contributed by atoms with Crippen molar-refractivity contribution in [3.63, 3.8) is 0 Å². The van der Waals surface area contributed by atoms with Crippen molar-refractivity contribution >= 4 is 54.9 Å². The van der Waals surface area contributed by atoms with Crippen LogP contribution in [0.5, 0.6) is 0 Å². The number of nitrogens with zero attached hydrogens (tertiary/aromatic N) is 4. The lowest BCUT2D eigenvalue weighted by Crippen LogP contribution is -2.62. The molecule has 4 heterocycles. The molecule has 0 spiro atoms. The van der Waals surface area contributed by atoms with Gasteiger partial charge in [-0.2, -0.15) is 8.78 Å². The molecule has 7 rings (SSSR count). The zero-order chi connectivity index (χ0) is 60.7. The van der Waals surface area contributed by atoms with Gasteiger partial charge in [0.05, 0.1) is 6.04 Å². The first-order valence-electron chi connectivity index (χ1n) is 28.9. The summed E-state index contributed by atoms with van der Waals surface area (Å²) in [4.78, 5) is 132. The van der Waals surface area contributed by atoms with Gasteiger partial charge in [0, 0.05) is 74.2 Å². The first-order chi connectivity index (χ1) is 40.0. The predicted octanol–water partition coefficient (Wildman–Crippen LogP) is 3.70. The van der Waals surface area contributed by atoms with Crippen LogP contribution < -0.4 is 32.3 Å². The molecule has 7 atom stereocenters. The molecule has 3 aromatic carbocycles. The van der Waals surface area contributed by atoms with E-state index in [4.69, 9.17) is 5.73 Å². The highest BCUT2D eigenvalue weighted by Gasteiger charge is 2.51. The quantitative estimate of drug-likeness (QED) is 0.0234. The number of primary amides is 1. The Balaban J connectivity index is 0.882. The molecule has 4 aliphatic rings. The molecule has 84 heavy (non-hydrogen) atoms. The fourth-order valence-electron chi connectivity index (χ4n) is 11.5. The molecule has 454 valence electrons. The molecular formula is C60H79F2N10O11P. The second-order valence-corrected chi connectivity index (χ2v) is 24.2. The molecular weight excluding hydrogens is 1110 g/mol. The van der Waals surface area contributed by atoms with Crippen molar-refractivity contribution in [1.29, 1.82) is 0 Å². The van der Waals surface area contributed by atoms with Crippen LogP contribution in [0.1, 0.15) is 141 Å². The normalized spacial score (nSPS) is 20.4. The number of nitrogens with two attached hydrogens (primary N) is 1. The zero-order valence-electron chi connectivity index (χ0n) is 48.0. The number of halogens is 2. The molecule has 3 fully saturated rings. The highest BCUT2D eigenvalue weighted by atomic mass is 31.2. The topological polar surface area (TPSA) is 293 Å². The Bertz CT molecular complexity index is 2990. The van der Waals surface area contributed by atoms with E-state index in [-0.39, 0.29) is 74.6 Å². The molecule has 3 aromatic rings. The molecule has 0 bridgehead atoms. The van der Waals surface area contributed by atoms with E-state index >= 15 is 0 Å². The maximum Gasteiger partial charge on any atom is 0.399 e. The van der Waals surface area contributed by atoms with Crippen LogP contribution in [0.15, 0.2) is 72.8 Å². The Kier molecular flexibility index (Phi) is 22.9. The van der Waals surface area contributed by atoms with Crippen molar-refractivity contribution in [2.24, 2.45) is 5.73 Å². The number of carbonyl (C=O) groups is 8. The first kappa shape index (κ1) is 64.6. The lowest BCUT2D eigenvalue weighted by molar-refractivity contribution is -0.145. The van der Waals surface area contributed by atoms with Gasteiger partial charge in [-0.3, -0.25) is 53.1 Å². The summed E-state index contributed by atoms with van der Waals surface area (Å²) in [7, 11) is -0.846. The Hall–Kier alpha value is -6.93. The lowest BCUT2D eigenvalue weighted by Gasteiger charge is -2.38. The van der Waals surface area contributed by atoms with Crippen LogP contribution in [0.2, 0.25) is 0 Å². The molecule has 0 saturated carbocycles. The minimum atomic E-state index is -5.86. The zero-order valence-corrected chi connectivity index (χ0v) is 48.9. The molecule has 3 saturated heterocycles. The van der Waals surface area contributed by atoms with Gasteiger partial charge in [0.2, 0.25) is 41.4 Å². The van der Waals surface area contributed by atoms with Crippen molar-refractivity contribution in [1.82, 2.24) is 46.2 Å². The first-order valence-corrected chi connectivity index (χ1v) is 30.6. The number of amides is 8. The third kappa shape index (κ3) is 16.9. The van der Waals surface area contributed by atoms with Crippen LogP contribution in [-0.4, -0.2) is 160 Å². The number of benzene rings is 3. The number of nitrogens with one attached hydrogen (secondary N) is 5. The van der Waals surface area contributed by atoms with Crippen LogP contribution >= 0.6 is 7.60 Å². The monoisotopic (exact) mass is 1180 g/mol. The van der Waals surface area contributed by atoms with E-state index in [0.717, 1.165) is 68.2 Å². The smallest absolute Gasteiger partial charge is 0.370 e. The second-order valence-electron chi connectivity index (χ2n) is 22.6. The van der Waals surface area contributed by atoms with E-state index in [0.29, 0.717) is 56.3 Å². The number of unbranched alkanes of at least 4 members (excludes halogenated alkanes) is 7. The van der Waals surface area contributed by atoms with Crippen molar-refractivity contribution in [2.75, 3.05) is 47.3 Å². The van der Waals surface area contributed by atoms with E-state index in [9.17, 15) is 61.5 Å². The minimum absolute atomic E-state index is 0.0669. The van der Waals surface area contributed by atoms with Crippen molar-refractivity contribution in [3.05, 3.63) is 106 Å². The number of piperidine rings is 1. The minimum Gasteiger partial charge on any atom is -0.370 e. The molecule has 8 amide bonds. The van der Waals surface area contributed by atoms with E-state index < -0.39 is 84.6 Å². The van der Waals surface area contributed by atoms with Gasteiger partial charge < -0.3 is 51.5 Å². The maximum atomic E-state index is 14.7. The Morgan fingerprint density at radius 3 is 2.31 bits per heavy atom. The summed E-state index contributed by atoms with van der Waals surface area (Å²) in [6.07, 6.45) is 9.14. The van der Waals surface area contributed by atoms with Crippen LogP contribution in [0.25, 0.3) is 0 Å². The van der Waals surface area contributed by atoms with Crippen LogP contribution in [0.4, 0.5) is 8.78 Å². The van der Waals surface area contributed by atoms with Crippen LogP contribution in [-0.2, 0) is 56.8 Å². The SMILES string of the molecule is CN1CC[C@H]2CC[C@@H](C(=O)NC(CCC(N)=O)CNC(C(=O)NCCCCCCCCCC#Cc3cccc4c3CN(C3CCC(=O)NC3=O)C4=O)c3ccccc3)N2C(=O)[C@@H](NC(=O)C(Cc2cccc(C(F)(F)P(=O)(O)O)c2)N(C)C)C1. The summed E-state index contributed by atoms with van der Waals surface area (Å²) in [5, 5.41) is 14.6. The van der Waals surface area contributed by atoms with E-state index in [1.54, 1.807) is 31.1 Å². The number of imide groups is 1. The van der Waals surface area contributed by atoms with Crippen LogP contribution in [0.3, 0.4) is 0 Å². The molecule has 0 radical (unpaired) electrons. The van der Waals surface area contributed by atoms with Crippen molar-refractivity contribution in [2.45, 2.75) is 157 Å². The van der Waals surface area contributed by atoms with Gasteiger partial charge in [-0.15, -0.1) is 0 Å². The number of likely N-dealkylation sites (N-methyl/N-ethyl adjacent to an activating group) is 2. The molecule has 0 aromatic heterocycles. The highest BCUT2D eigenvalue weighted by Crippen LogP contribution is 2.59. The van der Waals surface area contributed by atoms with Gasteiger partial charge in [0.25, 0.3) is 5.91 Å². The second kappa shape index (κ2) is 29.7.